The number of carbonyl (C=O) groups excluding carboxylic acids is 2. The molecule has 2 amide bonds. The van der Waals surface area contributed by atoms with Gasteiger partial charge in [-0.15, -0.1) is 0 Å². The maximum atomic E-state index is 12.6. The number of hydrogen-bond donors (Lipinski definition) is 1. The molecular weight excluding hydrogens is 372 g/mol. The van der Waals surface area contributed by atoms with E-state index in [1.54, 1.807) is 20.9 Å². The van der Waals surface area contributed by atoms with E-state index in [1.807, 2.05) is 31.2 Å². The number of nitrogens with zero attached hydrogens (tertiary/aromatic N) is 1. The maximum absolute atomic E-state index is 12.6. The molecule has 128 valence electrons. The summed E-state index contributed by atoms with van der Waals surface area (Å²) < 4.78 is 6.09. The Balaban J connectivity index is 2.07. The molecule has 24 heavy (non-hydrogen) atoms. The quantitative estimate of drug-likeness (QED) is 0.837. The first-order chi connectivity index (χ1) is 11.3. The highest BCUT2D eigenvalue weighted by Gasteiger charge is 2.24. The van der Waals surface area contributed by atoms with Crippen LogP contribution >= 0.6 is 15.9 Å². The molecule has 5 nitrogen and oxygen atoms in total. The predicted molar refractivity (Wildman–Crippen MR) is 97.3 cm³/mol. The van der Waals surface area contributed by atoms with Gasteiger partial charge in [-0.25, -0.2) is 0 Å². The molecule has 0 bridgehead atoms. The largest absolute Gasteiger partial charge is 0.465 e. The number of hydrogen-bond acceptors (Lipinski definition) is 3. The third-order valence-corrected chi connectivity index (χ3v) is 4.76. The van der Waals surface area contributed by atoms with Crippen LogP contribution in [-0.4, -0.2) is 30.3 Å². The molecule has 0 saturated heterocycles. The molecule has 6 heteroatoms. The zero-order valence-corrected chi connectivity index (χ0v) is 15.9. The smallest absolute Gasteiger partial charge is 0.258 e. The minimum Gasteiger partial charge on any atom is -0.465 e. The van der Waals surface area contributed by atoms with Gasteiger partial charge in [0.2, 0.25) is 5.91 Å². The van der Waals surface area contributed by atoms with E-state index in [1.165, 1.54) is 4.90 Å². The second kappa shape index (κ2) is 7.66. The molecule has 0 spiro atoms. The lowest BCUT2D eigenvalue weighted by atomic mass is 10.1. The Morgan fingerprint density at radius 1 is 1.21 bits per heavy atom. The molecule has 2 rings (SSSR count). The Hall–Kier alpha value is -2.08. The van der Waals surface area contributed by atoms with E-state index < -0.39 is 0 Å². The predicted octanol–water partition coefficient (Wildman–Crippen LogP) is 3.93. The number of para-hydroxylation sites is 1. The van der Waals surface area contributed by atoms with Crippen LogP contribution in [0.25, 0.3) is 0 Å². The monoisotopic (exact) mass is 392 g/mol. The van der Waals surface area contributed by atoms with Crippen molar-refractivity contribution in [2.24, 2.45) is 0 Å². The summed E-state index contributed by atoms with van der Waals surface area (Å²) in [5.74, 6) is 0.689. The average Bonchev–Trinajstić information content (AvgIpc) is 2.79. The van der Waals surface area contributed by atoms with Crippen molar-refractivity contribution in [3.63, 3.8) is 0 Å². The molecule has 0 atom stereocenters. The highest BCUT2D eigenvalue weighted by atomic mass is 79.9. The van der Waals surface area contributed by atoms with Gasteiger partial charge in [-0.05, 0) is 47.8 Å². The van der Waals surface area contributed by atoms with Crippen molar-refractivity contribution in [2.75, 3.05) is 18.9 Å². The lowest BCUT2D eigenvalue weighted by Crippen LogP contribution is -2.35. The standard InChI is InChI=1S/C18H21BrN2O3/c1-5-13-8-6-7-9-14(13)20-15(22)10-21(4)18(23)16-11(2)24-12(3)17(16)19/h6-9H,5,10H2,1-4H3,(H,20,22). The van der Waals surface area contributed by atoms with Crippen LogP contribution in [0.3, 0.4) is 0 Å². The van der Waals surface area contributed by atoms with E-state index in [4.69, 9.17) is 4.42 Å². The Kier molecular flexibility index (Phi) is 5.83. The number of amides is 2. The number of benzene rings is 1. The molecule has 0 aliphatic heterocycles. The van der Waals surface area contributed by atoms with Crippen LogP contribution in [0.15, 0.2) is 33.2 Å². The van der Waals surface area contributed by atoms with Gasteiger partial charge < -0.3 is 14.6 Å². The summed E-state index contributed by atoms with van der Waals surface area (Å²) in [6.45, 7) is 5.51. The lowest BCUT2D eigenvalue weighted by Gasteiger charge is -2.17. The summed E-state index contributed by atoms with van der Waals surface area (Å²) in [4.78, 5) is 26.2. The Bertz CT molecular complexity index is 768. The molecule has 0 aliphatic rings. The molecule has 0 unspecified atom stereocenters. The average molecular weight is 393 g/mol. The molecule has 0 fully saturated rings. The summed E-state index contributed by atoms with van der Waals surface area (Å²) in [5, 5.41) is 2.87. The van der Waals surface area contributed by atoms with Crippen LogP contribution < -0.4 is 5.32 Å². The van der Waals surface area contributed by atoms with E-state index in [0.29, 0.717) is 21.6 Å². The zero-order chi connectivity index (χ0) is 17.9. The summed E-state index contributed by atoms with van der Waals surface area (Å²) in [6.07, 6.45) is 0.825. The first-order valence-electron chi connectivity index (χ1n) is 7.73. The fourth-order valence-electron chi connectivity index (χ4n) is 2.52. The third kappa shape index (κ3) is 3.87. The SMILES string of the molecule is CCc1ccccc1NC(=O)CN(C)C(=O)c1c(C)oc(C)c1Br. The highest BCUT2D eigenvalue weighted by Crippen LogP contribution is 2.28. The van der Waals surface area contributed by atoms with E-state index in [2.05, 4.69) is 21.2 Å². The summed E-state index contributed by atoms with van der Waals surface area (Å²) >= 11 is 3.37. The van der Waals surface area contributed by atoms with Crippen molar-refractivity contribution in [1.82, 2.24) is 4.90 Å². The van der Waals surface area contributed by atoms with Crippen molar-refractivity contribution in [1.29, 1.82) is 0 Å². The van der Waals surface area contributed by atoms with Gasteiger partial charge in [-0.1, -0.05) is 25.1 Å². The Morgan fingerprint density at radius 3 is 2.46 bits per heavy atom. The fraction of sp³-hybridized carbons (Fsp3) is 0.333. The van der Waals surface area contributed by atoms with Gasteiger partial charge in [0.25, 0.3) is 5.91 Å². The van der Waals surface area contributed by atoms with Crippen molar-refractivity contribution >= 4 is 33.4 Å². The molecular formula is C18H21BrN2O3. The van der Waals surface area contributed by atoms with Crippen molar-refractivity contribution in [3.8, 4) is 0 Å². The number of nitrogens with one attached hydrogen (secondary N) is 1. The Labute approximate surface area is 150 Å². The molecule has 1 aromatic heterocycles. The van der Waals surface area contributed by atoms with Gasteiger partial charge in [0.1, 0.15) is 11.5 Å². The van der Waals surface area contributed by atoms with Gasteiger partial charge >= 0.3 is 0 Å². The van der Waals surface area contributed by atoms with Crippen LogP contribution in [0.4, 0.5) is 5.69 Å². The van der Waals surface area contributed by atoms with Crippen LogP contribution in [0.5, 0.6) is 0 Å². The summed E-state index contributed by atoms with van der Waals surface area (Å²) in [7, 11) is 1.60. The molecule has 1 N–H and O–H groups in total. The van der Waals surface area contributed by atoms with Crippen molar-refractivity contribution in [2.45, 2.75) is 27.2 Å². The molecule has 2 aromatic rings. The summed E-state index contributed by atoms with van der Waals surface area (Å²) in [5.41, 5.74) is 2.29. The van der Waals surface area contributed by atoms with Crippen LogP contribution in [-0.2, 0) is 11.2 Å². The van der Waals surface area contributed by atoms with E-state index in [-0.39, 0.29) is 18.4 Å². The minimum absolute atomic E-state index is 0.0347. The summed E-state index contributed by atoms with van der Waals surface area (Å²) in [6, 6.07) is 7.64. The molecule has 0 radical (unpaired) electrons. The number of likely N-dealkylation sites (N-methyl/N-ethyl adjacent to an activating group) is 1. The number of anilines is 1. The third-order valence-electron chi connectivity index (χ3n) is 3.80. The van der Waals surface area contributed by atoms with Crippen molar-refractivity contribution in [3.05, 3.63) is 51.4 Å². The van der Waals surface area contributed by atoms with Crippen LogP contribution in [0, 0.1) is 13.8 Å². The number of halogens is 1. The van der Waals surface area contributed by atoms with E-state index in [9.17, 15) is 9.59 Å². The van der Waals surface area contributed by atoms with Gasteiger partial charge in [0.15, 0.2) is 0 Å². The maximum Gasteiger partial charge on any atom is 0.258 e. The Morgan fingerprint density at radius 2 is 1.88 bits per heavy atom. The van der Waals surface area contributed by atoms with Gasteiger partial charge in [0.05, 0.1) is 16.6 Å². The van der Waals surface area contributed by atoms with Gasteiger partial charge in [0, 0.05) is 12.7 Å². The highest BCUT2D eigenvalue weighted by molar-refractivity contribution is 9.10. The lowest BCUT2D eigenvalue weighted by molar-refractivity contribution is -0.116. The van der Waals surface area contributed by atoms with E-state index in [0.717, 1.165) is 17.7 Å². The number of rotatable bonds is 5. The topological polar surface area (TPSA) is 62.6 Å². The van der Waals surface area contributed by atoms with Gasteiger partial charge in [-0.2, -0.15) is 0 Å². The second-order valence-electron chi connectivity index (χ2n) is 5.62. The van der Waals surface area contributed by atoms with Crippen LogP contribution in [0.2, 0.25) is 0 Å². The number of carbonyl (C=O) groups is 2. The molecule has 1 aromatic carbocycles. The number of aryl methyl sites for hydroxylation is 3. The molecule has 0 aliphatic carbocycles. The van der Waals surface area contributed by atoms with E-state index >= 15 is 0 Å². The molecule has 1 heterocycles. The second-order valence-corrected chi connectivity index (χ2v) is 6.42. The first-order valence-corrected chi connectivity index (χ1v) is 8.53. The fourth-order valence-corrected chi connectivity index (χ4v) is 3.05. The van der Waals surface area contributed by atoms with Gasteiger partial charge in [-0.3, -0.25) is 9.59 Å². The number of furan rings is 1. The van der Waals surface area contributed by atoms with Crippen LogP contribution in [0.1, 0.15) is 34.4 Å². The zero-order valence-electron chi connectivity index (χ0n) is 14.3. The normalized spacial score (nSPS) is 10.5. The van der Waals surface area contributed by atoms with Crippen molar-refractivity contribution < 1.29 is 14.0 Å². The molecule has 0 saturated carbocycles. The minimum atomic E-state index is -0.254. The first kappa shape index (κ1) is 18.3.